The third-order valence-electron chi connectivity index (χ3n) is 8.01. The number of unbranched alkanes of at least 4 members (excludes halogenated alkanes) is 1. The van der Waals surface area contributed by atoms with Crippen LogP contribution in [-0.2, 0) is 39.5 Å². The second kappa shape index (κ2) is 16.2. The number of benzene rings is 4. The lowest BCUT2D eigenvalue weighted by atomic mass is 10.0. The number of rotatable bonds is 16. The highest BCUT2D eigenvalue weighted by molar-refractivity contribution is 7.92. The van der Waals surface area contributed by atoms with Gasteiger partial charge in [-0.15, -0.1) is 0 Å². The van der Waals surface area contributed by atoms with Crippen molar-refractivity contribution in [2.24, 2.45) is 0 Å². The molecule has 49 heavy (non-hydrogen) atoms. The minimum Gasteiger partial charge on any atom is -0.497 e. The highest BCUT2D eigenvalue weighted by Crippen LogP contribution is 2.27. The predicted molar refractivity (Wildman–Crippen MR) is 194 cm³/mol. The van der Waals surface area contributed by atoms with E-state index in [2.05, 4.69) is 0 Å². The van der Waals surface area contributed by atoms with Crippen molar-refractivity contribution in [3.05, 3.63) is 131 Å². The Morgan fingerprint density at radius 2 is 1.57 bits per heavy atom. The molecule has 0 spiro atoms. The molecule has 13 heteroatoms. The van der Waals surface area contributed by atoms with Crippen molar-refractivity contribution in [1.82, 2.24) is 4.98 Å². The van der Waals surface area contributed by atoms with E-state index < -0.39 is 26.9 Å². The quantitative estimate of drug-likeness (QED) is 0.0868. The van der Waals surface area contributed by atoms with E-state index in [1.807, 2.05) is 42.5 Å². The van der Waals surface area contributed by atoms with Gasteiger partial charge < -0.3 is 9.84 Å². The topological polar surface area (TPSA) is 134 Å². The number of para-hydroxylation sites is 1. The molecule has 1 aromatic heterocycles. The molecule has 1 heterocycles. The number of thiol groups is 1. The normalized spacial score (nSPS) is 11.5. The van der Waals surface area contributed by atoms with E-state index >= 15 is 0 Å². The Hall–Kier alpha value is -4.65. The first-order valence-electron chi connectivity index (χ1n) is 15.6. The number of fused-ring (bicyclic) bond motifs is 1. The van der Waals surface area contributed by atoms with E-state index in [1.54, 1.807) is 42.5 Å². The summed E-state index contributed by atoms with van der Waals surface area (Å²) in [6, 6.07) is 29.4. The first kappa shape index (κ1) is 35.7. The van der Waals surface area contributed by atoms with Crippen LogP contribution in [-0.4, -0.2) is 53.1 Å². The van der Waals surface area contributed by atoms with E-state index in [-0.39, 0.29) is 36.5 Å². The van der Waals surface area contributed by atoms with Crippen molar-refractivity contribution < 1.29 is 31.5 Å². The zero-order chi connectivity index (χ0) is 35.0. The van der Waals surface area contributed by atoms with Gasteiger partial charge in [-0.25, -0.2) is 21.6 Å². The standard InChI is InChI=1S/C36H36ClN3O7S2/c1-47-32-19-17-31(18-20-32)39(48(43)44)21-4-5-22-40(35-10-3-2-9-33(35)36(41)42)49(45,46)25-27-8-6-7-26(23-27)11-15-30-16-13-28-12-14-29(37)24-34(28)38-30/h2-3,6-10,12-14,16-20,23-24,48H,4-5,11,15,21-22,25H2,1H3,(H,41,42). The molecule has 0 radical (unpaired) electrons. The van der Waals surface area contributed by atoms with Crippen LogP contribution >= 0.6 is 11.6 Å². The lowest BCUT2D eigenvalue weighted by Crippen LogP contribution is -2.35. The zero-order valence-electron chi connectivity index (χ0n) is 26.7. The molecular formula is C36H36ClN3O7S2. The molecule has 0 bridgehead atoms. The van der Waals surface area contributed by atoms with Gasteiger partial charge in [0.1, 0.15) is 5.75 Å². The number of sulfonamides is 1. The van der Waals surface area contributed by atoms with Crippen LogP contribution in [0.4, 0.5) is 11.4 Å². The number of carboxylic acid groups (broad SMARTS) is 1. The fourth-order valence-corrected chi connectivity index (χ4v) is 7.98. The molecule has 0 fully saturated rings. The van der Waals surface area contributed by atoms with E-state index in [4.69, 9.17) is 21.3 Å². The summed E-state index contributed by atoms with van der Waals surface area (Å²) in [6.45, 7) is 0.0662. The summed E-state index contributed by atoms with van der Waals surface area (Å²) in [7, 11) is -5.52. The van der Waals surface area contributed by atoms with Crippen molar-refractivity contribution in [1.29, 1.82) is 0 Å². The Labute approximate surface area is 292 Å². The highest BCUT2D eigenvalue weighted by Gasteiger charge is 2.27. The maximum atomic E-state index is 14.0. The molecule has 0 saturated carbocycles. The Morgan fingerprint density at radius 1 is 0.857 bits per heavy atom. The van der Waals surface area contributed by atoms with Gasteiger partial charge in [-0.1, -0.05) is 60.1 Å². The Balaban J connectivity index is 1.31. The number of aryl methyl sites for hydroxylation is 2. The molecular weight excluding hydrogens is 686 g/mol. The first-order valence-corrected chi connectivity index (χ1v) is 18.7. The summed E-state index contributed by atoms with van der Waals surface area (Å²) in [6.07, 6.45) is 1.86. The molecule has 0 amide bonds. The van der Waals surface area contributed by atoms with Crippen molar-refractivity contribution >= 4 is 60.8 Å². The van der Waals surface area contributed by atoms with Gasteiger partial charge >= 0.3 is 5.97 Å². The van der Waals surface area contributed by atoms with E-state index in [0.717, 1.165) is 26.5 Å². The molecule has 0 atom stereocenters. The lowest BCUT2D eigenvalue weighted by Gasteiger charge is -2.26. The number of carboxylic acids is 1. The van der Waals surface area contributed by atoms with Crippen molar-refractivity contribution in [3.63, 3.8) is 0 Å². The zero-order valence-corrected chi connectivity index (χ0v) is 29.2. The molecule has 0 unspecified atom stereocenters. The van der Waals surface area contributed by atoms with Crippen LogP contribution in [0.3, 0.4) is 0 Å². The number of carbonyl (C=O) groups is 1. The van der Waals surface area contributed by atoms with Crippen LogP contribution in [0.1, 0.15) is 40.0 Å². The SMILES string of the molecule is COc1ccc(N(CCCCN(c2ccccc2C(=O)O)S(=O)(=O)Cc2cccc(CCc3ccc4ccc(Cl)cc4n3)c2)[SH](=O)=O)cc1. The summed E-state index contributed by atoms with van der Waals surface area (Å²) >= 11 is 6.14. The number of aromatic carboxylic acids is 1. The van der Waals surface area contributed by atoms with Gasteiger partial charge in [0, 0.05) is 29.2 Å². The number of methoxy groups -OCH3 is 1. The van der Waals surface area contributed by atoms with E-state index in [0.29, 0.717) is 41.3 Å². The predicted octanol–water partition coefficient (Wildman–Crippen LogP) is 6.53. The van der Waals surface area contributed by atoms with Gasteiger partial charge in [0.2, 0.25) is 20.9 Å². The van der Waals surface area contributed by atoms with Crippen LogP contribution in [0.5, 0.6) is 5.75 Å². The van der Waals surface area contributed by atoms with Gasteiger partial charge in [0.25, 0.3) is 0 Å². The number of hydrogen-bond donors (Lipinski definition) is 2. The van der Waals surface area contributed by atoms with Crippen LogP contribution in [0.2, 0.25) is 5.02 Å². The third kappa shape index (κ3) is 9.28. The molecule has 5 aromatic rings. The summed E-state index contributed by atoms with van der Waals surface area (Å²) in [4.78, 5) is 16.8. The smallest absolute Gasteiger partial charge is 0.337 e. The fourth-order valence-electron chi connectivity index (χ4n) is 5.57. The number of halogens is 1. The average Bonchev–Trinajstić information content (AvgIpc) is 3.08. The number of ether oxygens (including phenoxy) is 1. The van der Waals surface area contributed by atoms with Crippen LogP contribution < -0.4 is 13.3 Å². The number of pyridine rings is 1. The van der Waals surface area contributed by atoms with Crippen LogP contribution in [0.15, 0.2) is 103 Å². The molecule has 256 valence electrons. The molecule has 4 aromatic carbocycles. The van der Waals surface area contributed by atoms with Gasteiger partial charge in [-0.2, -0.15) is 0 Å². The Morgan fingerprint density at radius 3 is 2.31 bits per heavy atom. The van der Waals surface area contributed by atoms with Crippen LogP contribution in [0, 0.1) is 0 Å². The monoisotopic (exact) mass is 721 g/mol. The molecule has 0 aliphatic carbocycles. The lowest BCUT2D eigenvalue weighted by molar-refractivity contribution is 0.0697. The Bertz CT molecular complexity index is 2120. The average molecular weight is 722 g/mol. The van der Waals surface area contributed by atoms with Crippen molar-refractivity contribution in [3.8, 4) is 5.75 Å². The van der Waals surface area contributed by atoms with Crippen molar-refractivity contribution in [2.45, 2.75) is 31.4 Å². The largest absolute Gasteiger partial charge is 0.497 e. The molecule has 0 aliphatic rings. The summed E-state index contributed by atoms with van der Waals surface area (Å²) in [5.74, 6) is -1.02. The second-order valence-electron chi connectivity index (χ2n) is 11.4. The summed E-state index contributed by atoms with van der Waals surface area (Å²) in [5, 5.41) is 11.5. The maximum Gasteiger partial charge on any atom is 0.337 e. The second-order valence-corrected chi connectivity index (χ2v) is 14.7. The number of anilines is 2. The van der Waals surface area contributed by atoms with E-state index in [9.17, 15) is 26.7 Å². The number of aromatic nitrogens is 1. The van der Waals surface area contributed by atoms with Crippen LogP contribution in [0.25, 0.3) is 10.9 Å². The molecule has 0 saturated heterocycles. The number of nitrogens with zero attached hydrogens (tertiary/aromatic N) is 3. The van der Waals surface area contributed by atoms with Gasteiger partial charge in [0.05, 0.1) is 35.3 Å². The van der Waals surface area contributed by atoms with Gasteiger partial charge in [-0.3, -0.25) is 13.6 Å². The highest BCUT2D eigenvalue weighted by atomic mass is 35.5. The summed E-state index contributed by atoms with van der Waals surface area (Å²) < 4.78 is 59.7. The molecule has 5 rings (SSSR count). The minimum absolute atomic E-state index is 0.0456. The maximum absolute atomic E-state index is 14.0. The third-order valence-corrected chi connectivity index (χ3v) is 10.8. The van der Waals surface area contributed by atoms with Crippen molar-refractivity contribution in [2.75, 3.05) is 28.8 Å². The Kier molecular flexibility index (Phi) is 11.8. The molecule has 1 N–H and O–H groups in total. The minimum atomic E-state index is -4.08. The summed E-state index contributed by atoms with van der Waals surface area (Å²) in [5.41, 5.74) is 3.55. The fraction of sp³-hybridized carbons (Fsp3) is 0.222. The van der Waals surface area contributed by atoms with Gasteiger partial charge in [0.15, 0.2) is 0 Å². The first-order chi connectivity index (χ1) is 23.5. The van der Waals surface area contributed by atoms with E-state index in [1.165, 1.54) is 29.6 Å². The number of hydrogen-bond acceptors (Lipinski definition) is 7. The molecule has 10 nitrogen and oxygen atoms in total. The van der Waals surface area contributed by atoms with Gasteiger partial charge in [-0.05, 0) is 91.4 Å². The molecule has 0 aliphatic heterocycles.